The van der Waals surface area contributed by atoms with Crippen molar-refractivity contribution >= 4 is 17.4 Å². The number of carbonyl (C=O) groups excluding carboxylic acids is 2. The van der Waals surface area contributed by atoms with Crippen molar-refractivity contribution in [3.05, 3.63) is 48.5 Å². The monoisotopic (exact) mass is 243 g/mol. The van der Waals surface area contributed by atoms with Gasteiger partial charge in [0.1, 0.15) is 6.54 Å². The Morgan fingerprint density at radius 1 is 1.39 bits per heavy atom. The van der Waals surface area contributed by atoms with E-state index in [4.69, 9.17) is 0 Å². The first-order valence-corrected chi connectivity index (χ1v) is 5.52. The van der Waals surface area contributed by atoms with E-state index in [9.17, 15) is 9.59 Å². The summed E-state index contributed by atoms with van der Waals surface area (Å²) in [4.78, 5) is 26.8. The van der Waals surface area contributed by atoms with Crippen LogP contribution < -0.4 is 5.32 Å². The van der Waals surface area contributed by atoms with Gasteiger partial charge in [0.15, 0.2) is 5.78 Å². The molecule has 1 N–H and O–H groups in total. The van der Waals surface area contributed by atoms with Crippen molar-refractivity contribution in [3.8, 4) is 0 Å². The fourth-order valence-corrected chi connectivity index (χ4v) is 1.56. The Labute approximate surface area is 104 Å². The van der Waals surface area contributed by atoms with E-state index in [-0.39, 0.29) is 18.2 Å². The Morgan fingerprint density at radius 2 is 2.22 bits per heavy atom. The molecule has 0 aliphatic rings. The van der Waals surface area contributed by atoms with Gasteiger partial charge in [-0.2, -0.15) is 0 Å². The van der Waals surface area contributed by atoms with Crippen LogP contribution in [-0.4, -0.2) is 21.2 Å². The molecule has 0 spiro atoms. The Balaban J connectivity index is 2.03. The maximum absolute atomic E-state index is 11.7. The van der Waals surface area contributed by atoms with E-state index in [0.717, 1.165) is 0 Å². The molecule has 0 saturated heterocycles. The lowest BCUT2D eigenvalue weighted by atomic mass is 10.1. The Hall–Kier alpha value is -2.43. The average molecular weight is 243 g/mol. The van der Waals surface area contributed by atoms with Crippen molar-refractivity contribution in [1.29, 1.82) is 0 Å². The van der Waals surface area contributed by atoms with E-state index >= 15 is 0 Å². The standard InChI is InChI=1S/C13H13N3O2/c1-10(17)11-3-2-4-12(7-11)15-13(18)8-16-6-5-14-9-16/h2-7,9H,8H2,1H3,(H,15,18). The Kier molecular flexibility index (Phi) is 3.52. The third kappa shape index (κ3) is 3.04. The van der Waals surface area contributed by atoms with E-state index < -0.39 is 0 Å². The van der Waals surface area contributed by atoms with Crippen molar-refractivity contribution in [1.82, 2.24) is 9.55 Å². The number of Topliss-reactive ketones (excluding diaryl/α,β-unsaturated/α-hetero) is 1. The van der Waals surface area contributed by atoms with Crippen LogP contribution in [0.5, 0.6) is 0 Å². The van der Waals surface area contributed by atoms with Gasteiger partial charge in [-0.25, -0.2) is 4.98 Å². The molecule has 92 valence electrons. The number of benzene rings is 1. The molecule has 0 aliphatic carbocycles. The van der Waals surface area contributed by atoms with Crippen LogP contribution in [0.25, 0.3) is 0 Å². The summed E-state index contributed by atoms with van der Waals surface area (Å²) in [5.74, 6) is -0.186. The number of imidazole rings is 1. The minimum absolute atomic E-state index is 0.0271. The van der Waals surface area contributed by atoms with Crippen LogP contribution in [0.15, 0.2) is 43.0 Å². The summed E-state index contributed by atoms with van der Waals surface area (Å²) in [5, 5.41) is 2.74. The SMILES string of the molecule is CC(=O)c1cccc(NC(=O)Cn2ccnc2)c1. The molecule has 1 heterocycles. The molecule has 0 saturated carbocycles. The molecule has 5 heteroatoms. The molecular weight excluding hydrogens is 230 g/mol. The summed E-state index contributed by atoms with van der Waals surface area (Å²) in [5.41, 5.74) is 1.20. The van der Waals surface area contributed by atoms with Gasteiger partial charge >= 0.3 is 0 Å². The first-order valence-electron chi connectivity index (χ1n) is 5.52. The highest BCUT2D eigenvalue weighted by Crippen LogP contribution is 2.11. The minimum Gasteiger partial charge on any atom is -0.328 e. The van der Waals surface area contributed by atoms with E-state index in [1.165, 1.54) is 6.92 Å². The van der Waals surface area contributed by atoms with Crippen molar-refractivity contribution < 1.29 is 9.59 Å². The molecule has 2 aromatic rings. The molecule has 0 atom stereocenters. The maximum atomic E-state index is 11.7. The lowest BCUT2D eigenvalue weighted by molar-refractivity contribution is -0.116. The summed E-state index contributed by atoms with van der Waals surface area (Å²) < 4.78 is 1.67. The molecule has 0 bridgehead atoms. The smallest absolute Gasteiger partial charge is 0.244 e. The Morgan fingerprint density at radius 3 is 2.89 bits per heavy atom. The Bertz CT molecular complexity index is 561. The van der Waals surface area contributed by atoms with Gasteiger partial charge < -0.3 is 9.88 Å². The number of aromatic nitrogens is 2. The number of hydrogen-bond donors (Lipinski definition) is 1. The number of hydrogen-bond acceptors (Lipinski definition) is 3. The van der Waals surface area contributed by atoms with Crippen LogP contribution >= 0.6 is 0 Å². The van der Waals surface area contributed by atoms with Crippen LogP contribution in [0.3, 0.4) is 0 Å². The number of amides is 1. The number of carbonyl (C=O) groups is 2. The van der Waals surface area contributed by atoms with Crippen molar-refractivity contribution in [2.24, 2.45) is 0 Å². The predicted octanol–water partition coefficient (Wildman–Crippen LogP) is 1.72. The van der Waals surface area contributed by atoms with Crippen LogP contribution in [0.4, 0.5) is 5.69 Å². The van der Waals surface area contributed by atoms with Gasteiger partial charge in [0.05, 0.1) is 6.33 Å². The summed E-state index contributed by atoms with van der Waals surface area (Å²) in [6, 6.07) is 6.86. The van der Waals surface area contributed by atoms with Crippen molar-refractivity contribution in [3.63, 3.8) is 0 Å². The summed E-state index contributed by atoms with van der Waals surface area (Å²) in [7, 11) is 0. The lowest BCUT2D eigenvalue weighted by Crippen LogP contribution is -2.18. The van der Waals surface area contributed by atoms with Gasteiger partial charge in [0.25, 0.3) is 0 Å². The molecule has 0 unspecified atom stereocenters. The van der Waals surface area contributed by atoms with Gasteiger partial charge in [-0.05, 0) is 19.1 Å². The summed E-state index contributed by atoms with van der Waals surface area (Å²) >= 11 is 0. The average Bonchev–Trinajstić information content (AvgIpc) is 2.82. The number of ketones is 1. The lowest BCUT2D eigenvalue weighted by Gasteiger charge is -2.06. The number of nitrogens with zero attached hydrogens (tertiary/aromatic N) is 2. The first-order chi connectivity index (χ1) is 8.65. The molecule has 0 fully saturated rings. The molecule has 2 rings (SSSR count). The number of nitrogens with one attached hydrogen (secondary N) is 1. The molecule has 0 aliphatic heterocycles. The van der Waals surface area contributed by atoms with Gasteiger partial charge in [0.2, 0.25) is 5.91 Å². The van der Waals surface area contributed by atoms with Crippen molar-refractivity contribution in [2.75, 3.05) is 5.32 Å². The molecular formula is C13H13N3O2. The highest BCUT2D eigenvalue weighted by Gasteiger charge is 2.05. The number of anilines is 1. The zero-order valence-electron chi connectivity index (χ0n) is 9.96. The molecule has 1 aromatic heterocycles. The normalized spacial score (nSPS) is 10.1. The van der Waals surface area contributed by atoms with E-state index in [1.54, 1.807) is 47.6 Å². The number of rotatable bonds is 4. The van der Waals surface area contributed by atoms with Crippen LogP contribution in [0, 0.1) is 0 Å². The second kappa shape index (κ2) is 5.27. The van der Waals surface area contributed by atoms with Crippen LogP contribution in [0.1, 0.15) is 17.3 Å². The van der Waals surface area contributed by atoms with Crippen LogP contribution in [0.2, 0.25) is 0 Å². The topological polar surface area (TPSA) is 64.0 Å². The third-order valence-corrected chi connectivity index (χ3v) is 2.44. The molecule has 1 aromatic carbocycles. The second-order valence-corrected chi connectivity index (χ2v) is 3.92. The summed E-state index contributed by atoms with van der Waals surface area (Å²) in [6.45, 7) is 1.69. The fourth-order valence-electron chi connectivity index (χ4n) is 1.56. The van der Waals surface area contributed by atoms with E-state index in [2.05, 4.69) is 10.3 Å². The van der Waals surface area contributed by atoms with Gasteiger partial charge in [-0.3, -0.25) is 9.59 Å². The molecule has 1 amide bonds. The van der Waals surface area contributed by atoms with Crippen molar-refractivity contribution in [2.45, 2.75) is 13.5 Å². The van der Waals surface area contributed by atoms with Gasteiger partial charge in [-0.15, -0.1) is 0 Å². The van der Waals surface area contributed by atoms with E-state index in [0.29, 0.717) is 11.3 Å². The van der Waals surface area contributed by atoms with Gasteiger partial charge in [-0.1, -0.05) is 12.1 Å². The zero-order valence-corrected chi connectivity index (χ0v) is 9.96. The largest absolute Gasteiger partial charge is 0.328 e. The minimum atomic E-state index is -0.159. The first kappa shape index (κ1) is 12.0. The highest BCUT2D eigenvalue weighted by molar-refractivity contribution is 5.97. The second-order valence-electron chi connectivity index (χ2n) is 3.92. The third-order valence-electron chi connectivity index (χ3n) is 2.44. The highest BCUT2D eigenvalue weighted by atomic mass is 16.2. The summed E-state index contributed by atoms with van der Waals surface area (Å²) in [6.07, 6.45) is 4.90. The molecule has 0 radical (unpaired) electrons. The maximum Gasteiger partial charge on any atom is 0.244 e. The van der Waals surface area contributed by atoms with E-state index in [1.807, 2.05) is 0 Å². The quantitative estimate of drug-likeness (QED) is 0.832. The molecule has 5 nitrogen and oxygen atoms in total. The van der Waals surface area contributed by atoms with Gasteiger partial charge in [0, 0.05) is 23.6 Å². The van der Waals surface area contributed by atoms with Crippen LogP contribution in [-0.2, 0) is 11.3 Å². The fraction of sp³-hybridized carbons (Fsp3) is 0.154. The zero-order chi connectivity index (χ0) is 13.0. The predicted molar refractivity (Wildman–Crippen MR) is 67.3 cm³/mol. The molecule has 18 heavy (non-hydrogen) atoms.